The maximum Gasteiger partial charge on any atom is 0.236 e. The summed E-state index contributed by atoms with van der Waals surface area (Å²) >= 11 is 6.16. The van der Waals surface area contributed by atoms with Crippen LogP contribution in [0, 0.1) is 13.8 Å². The number of anilines is 1. The highest BCUT2D eigenvalue weighted by Crippen LogP contribution is 2.29. The number of aromatic nitrogens is 4. The summed E-state index contributed by atoms with van der Waals surface area (Å²) in [4.78, 5) is 8.17. The summed E-state index contributed by atoms with van der Waals surface area (Å²) in [6.45, 7) is 4.87. The molecule has 0 fully saturated rings. The molecular formula is C19H24ClN5O. The molecule has 138 valence electrons. The minimum atomic E-state index is 0. The molecule has 1 aromatic carbocycles. The van der Waals surface area contributed by atoms with Crippen LogP contribution in [0.25, 0.3) is 11.3 Å². The first-order valence-corrected chi connectivity index (χ1v) is 8.38. The van der Waals surface area contributed by atoms with E-state index < -0.39 is 0 Å². The number of nitrogens with zero attached hydrogens (tertiary/aromatic N) is 4. The van der Waals surface area contributed by atoms with Gasteiger partial charge < -0.3 is 10.1 Å². The monoisotopic (exact) mass is 373 g/mol. The third-order valence-electron chi connectivity index (χ3n) is 3.88. The average Bonchev–Trinajstić information content (AvgIpc) is 2.90. The molecule has 1 N–H and O–H groups in total. The predicted octanol–water partition coefficient (Wildman–Crippen LogP) is 4.27. The minimum absolute atomic E-state index is 0. The van der Waals surface area contributed by atoms with Crippen molar-refractivity contribution < 1.29 is 4.74 Å². The number of nitrogens with one attached hydrogen (secondary N) is 1. The molecule has 0 bridgehead atoms. The molecule has 0 unspecified atom stereocenters. The summed E-state index contributed by atoms with van der Waals surface area (Å²) in [5.74, 6) is 1.24. The second kappa shape index (κ2) is 8.67. The van der Waals surface area contributed by atoms with Crippen LogP contribution in [0.2, 0.25) is 5.02 Å². The predicted molar refractivity (Wildman–Crippen MR) is 106 cm³/mol. The van der Waals surface area contributed by atoms with Crippen LogP contribution >= 0.6 is 11.6 Å². The molecule has 0 saturated carbocycles. The van der Waals surface area contributed by atoms with Gasteiger partial charge in [-0.1, -0.05) is 49.4 Å². The fourth-order valence-corrected chi connectivity index (χ4v) is 2.80. The quantitative estimate of drug-likeness (QED) is 0.653. The SMILES string of the molecule is C.Cc1ncnc(NCCOc2nn(C)c(-c3ccccc3)c2C)c1Cl. The fraction of sp³-hybridized carbons (Fsp3) is 0.316. The highest BCUT2D eigenvalue weighted by Gasteiger charge is 2.15. The second-order valence-electron chi connectivity index (χ2n) is 5.67. The van der Waals surface area contributed by atoms with Gasteiger partial charge in [-0.15, -0.1) is 5.10 Å². The number of halogens is 1. The Balaban J connectivity index is 0.00000243. The smallest absolute Gasteiger partial charge is 0.236 e. The van der Waals surface area contributed by atoms with Crippen molar-refractivity contribution in [3.05, 3.63) is 52.9 Å². The van der Waals surface area contributed by atoms with Gasteiger partial charge in [-0.2, -0.15) is 0 Å². The van der Waals surface area contributed by atoms with Crippen molar-refractivity contribution in [3.8, 4) is 17.1 Å². The van der Waals surface area contributed by atoms with Gasteiger partial charge in [0.15, 0.2) is 0 Å². The summed E-state index contributed by atoms with van der Waals surface area (Å²) < 4.78 is 7.68. The average molecular weight is 374 g/mol. The van der Waals surface area contributed by atoms with Gasteiger partial charge in [-0.25, -0.2) is 9.97 Å². The molecule has 26 heavy (non-hydrogen) atoms. The molecule has 6 nitrogen and oxygen atoms in total. The normalized spacial score (nSPS) is 10.3. The summed E-state index contributed by atoms with van der Waals surface area (Å²) in [5, 5.41) is 8.16. The van der Waals surface area contributed by atoms with Crippen molar-refractivity contribution in [3.63, 3.8) is 0 Å². The number of hydrogen-bond acceptors (Lipinski definition) is 5. The third-order valence-corrected chi connectivity index (χ3v) is 4.34. The maximum absolute atomic E-state index is 6.16. The van der Waals surface area contributed by atoms with E-state index in [1.807, 2.05) is 43.8 Å². The summed E-state index contributed by atoms with van der Waals surface area (Å²) in [6, 6.07) is 10.2. The molecule has 2 aromatic heterocycles. The lowest BCUT2D eigenvalue weighted by Gasteiger charge is -2.09. The second-order valence-corrected chi connectivity index (χ2v) is 6.04. The Morgan fingerprint density at radius 1 is 1.15 bits per heavy atom. The van der Waals surface area contributed by atoms with Crippen LogP contribution in [0.15, 0.2) is 36.7 Å². The van der Waals surface area contributed by atoms with Gasteiger partial charge in [-0.05, 0) is 13.8 Å². The molecule has 0 aliphatic rings. The molecule has 2 heterocycles. The molecule has 0 spiro atoms. The molecular weight excluding hydrogens is 350 g/mol. The van der Waals surface area contributed by atoms with Gasteiger partial charge >= 0.3 is 0 Å². The van der Waals surface area contributed by atoms with Gasteiger partial charge in [0.2, 0.25) is 5.88 Å². The summed E-state index contributed by atoms with van der Waals surface area (Å²) in [7, 11) is 1.92. The summed E-state index contributed by atoms with van der Waals surface area (Å²) in [6.07, 6.45) is 1.49. The number of benzene rings is 1. The third kappa shape index (κ3) is 4.14. The molecule has 0 saturated heterocycles. The zero-order chi connectivity index (χ0) is 17.8. The van der Waals surface area contributed by atoms with E-state index in [4.69, 9.17) is 16.3 Å². The number of ether oxygens (including phenoxy) is 1. The van der Waals surface area contributed by atoms with Gasteiger partial charge in [0.05, 0.1) is 17.9 Å². The van der Waals surface area contributed by atoms with Crippen LogP contribution < -0.4 is 10.1 Å². The first-order chi connectivity index (χ1) is 12.1. The van der Waals surface area contributed by atoms with Crippen LogP contribution in [-0.2, 0) is 7.05 Å². The van der Waals surface area contributed by atoms with E-state index in [1.165, 1.54) is 6.33 Å². The van der Waals surface area contributed by atoms with Crippen molar-refractivity contribution >= 4 is 17.4 Å². The van der Waals surface area contributed by atoms with E-state index in [-0.39, 0.29) is 7.43 Å². The topological polar surface area (TPSA) is 64.9 Å². The van der Waals surface area contributed by atoms with E-state index in [9.17, 15) is 0 Å². The molecule has 0 aliphatic heterocycles. The molecule has 0 aliphatic carbocycles. The molecule has 0 radical (unpaired) electrons. The lowest BCUT2D eigenvalue weighted by molar-refractivity contribution is 0.314. The molecule has 7 heteroatoms. The Morgan fingerprint density at radius 2 is 1.88 bits per heavy atom. The Hall–Kier alpha value is -2.60. The number of hydrogen-bond donors (Lipinski definition) is 1. The van der Waals surface area contributed by atoms with Crippen LogP contribution in [0.5, 0.6) is 5.88 Å². The van der Waals surface area contributed by atoms with Crippen LogP contribution in [0.3, 0.4) is 0 Å². The van der Waals surface area contributed by atoms with Crippen LogP contribution in [0.4, 0.5) is 5.82 Å². The van der Waals surface area contributed by atoms with Gasteiger partial charge in [0.25, 0.3) is 0 Å². The van der Waals surface area contributed by atoms with Crippen molar-refractivity contribution in [1.29, 1.82) is 0 Å². The van der Waals surface area contributed by atoms with Crippen LogP contribution in [0.1, 0.15) is 18.7 Å². The molecule has 0 atom stereocenters. The van der Waals surface area contributed by atoms with Gasteiger partial charge in [-0.3, -0.25) is 4.68 Å². The largest absolute Gasteiger partial charge is 0.475 e. The van der Waals surface area contributed by atoms with Crippen molar-refractivity contribution in [2.45, 2.75) is 21.3 Å². The summed E-state index contributed by atoms with van der Waals surface area (Å²) in [5.41, 5.74) is 3.93. The Kier molecular flexibility index (Phi) is 6.58. The number of rotatable bonds is 6. The van der Waals surface area contributed by atoms with Gasteiger partial charge in [0, 0.05) is 18.2 Å². The molecule has 3 aromatic rings. The Morgan fingerprint density at radius 3 is 2.62 bits per heavy atom. The van der Waals surface area contributed by atoms with Crippen molar-refractivity contribution in [2.24, 2.45) is 7.05 Å². The zero-order valence-corrected chi connectivity index (χ0v) is 15.2. The van der Waals surface area contributed by atoms with E-state index >= 15 is 0 Å². The van der Waals surface area contributed by atoms with E-state index in [0.717, 1.165) is 22.5 Å². The standard InChI is InChI=1S/C18H20ClN5O.CH4/c1-12-16(14-7-5-4-6-8-14)24(3)23-18(12)25-10-9-20-17-15(19)13(2)21-11-22-17;/h4-8,11H,9-10H2,1-3H3,(H,20,21,22);1H4. The van der Waals surface area contributed by atoms with Crippen LogP contribution in [-0.4, -0.2) is 32.9 Å². The minimum Gasteiger partial charge on any atom is -0.475 e. The number of aryl methyl sites for hydroxylation is 2. The first-order valence-electron chi connectivity index (χ1n) is 8.00. The van der Waals surface area contributed by atoms with Crippen molar-refractivity contribution in [1.82, 2.24) is 19.7 Å². The zero-order valence-electron chi connectivity index (χ0n) is 14.5. The highest BCUT2D eigenvalue weighted by molar-refractivity contribution is 6.33. The van der Waals surface area contributed by atoms with Gasteiger partial charge in [0.1, 0.15) is 23.8 Å². The highest BCUT2D eigenvalue weighted by atomic mass is 35.5. The lowest BCUT2D eigenvalue weighted by Crippen LogP contribution is -2.13. The van der Waals surface area contributed by atoms with E-state index in [1.54, 1.807) is 0 Å². The van der Waals surface area contributed by atoms with Crippen molar-refractivity contribution in [2.75, 3.05) is 18.5 Å². The van der Waals surface area contributed by atoms with E-state index in [0.29, 0.717) is 29.9 Å². The Bertz CT molecular complexity index is 864. The maximum atomic E-state index is 6.16. The molecule has 3 rings (SSSR count). The fourth-order valence-electron chi connectivity index (χ4n) is 2.64. The first kappa shape index (κ1) is 19.7. The lowest BCUT2D eigenvalue weighted by atomic mass is 10.1. The van der Waals surface area contributed by atoms with E-state index in [2.05, 4.69) is 32.5 Å². The Labute approximate surface area is 159 Å². The molecule has 0 amide bonds.